The Bertz CT molecular complexity index is 984. The molecule has 0 amide bonds. The molecule has 0 bridgehead atoms. The van der Waals surface area contributed by atoms with Crippen LogP contribution >= 0.6 is 0 Å². The van der Waals surface area contributed by atoms with Gasteiger partial charge in [0.25, 0.3) is 0 Å². The average Bonchev–Trinajstić information content (AvgIpc) is 3.10. The van der Waals surface area contributed by atoms with Crippen LogP contribution in [0.4, 0.5) is 0 Å². The Morgan fingerprint density at radius 3 is 2.36 bits per heavy atom. The molecule has 2 heteroatoms. The van der Waals surface area contributed by atoms with Gasteiger partial charge in [-0.25, -0.2) is 0 Å². The lowest BCUT2D eigenvalue weighted by Crippen LogP contribution is -2.10. The molecule has 0 spiro atoms. The number of aromatic amines is 1. The van der Waals surface area contributed by atoms with Crippen LogP contribution in [0.5, 0.6) is 5.75 Å². The van der Waals surface area contributed by atoms with E-state index in [2.05, 4.69) is 81.2 Å². The predicted octanol–water partition coefficient (Wildman–Crippen LogP) is 6.34. The fourth-order valence-corrected chi connectivity index (χ4v) is 3.46. The van der Waals surface area contributed by atoms with Crippen molar-refractivity contribution in [2.75, 3.05) is 6.61 Å². The van der Waals surface area contributed by atoms with Crippen LogP contribution < -0.4 is 4.74 Å². The maximum Gasteiger partial charge on any atom is 0.130 e. The Morgan fingerprint density at radius 2 is 1.60 bits per heavy atom. The summed E-state index contributed by atoms with van der Waals surface area (Å²) in [6, 6.07) is 15.1. The van der Waals surface area contributed by atoms with Gasteiger partial charge >= 0.3 is 0 Å². The van der Waals surface area contributed by atoms with E-state index < -0.39 is 0 Å². The molecule has 0 unspecified atom stereocenters. The fourth-order valence-electron chi connectivity index (χ4n) is 3.46. The standard InChI is InChI=1S/C23H23NO.2H2/c1-14-5-7-18(8-6-14)21-9-10-22(24-21)19-12-20-17(4)15(2)11-16(3)23(20)25-13-19;;/h5-12,24H,13H2,1-4H3;2*1H. The molecule has 1 aliphatic rings. The molecule has 2 aromatic carbocycles. The van der Waals surface area contributed by atoms with Crippen LogP contribution in [-0.4, -0.2) is 11.6 Å². The zero-order chi connectivity index (χ0) is 17.6. The number of benzene rings is 2. The molecular formula is C23H27NO. The summed E-state index contributed by atoms with van der Waals surface area (Å²) >= 11 is 0. The summed E-state index contributed by atoms with van der Waals surface area (Å²) in [6.07, 6.45) is 2.28. The Morgan fingerprint density at radius 1 is 0.880 bits per heavy atom. The molecule has 1 aromatic heterocycles. The third-order valence-corrected chi connectivity index (χ3v) is 5.12. The highest BCUT2D eigenvalue weighted by molar-refractivity contribution is 5.87. The first kappa shape index (κ1) is 15.8. The number of hydrogen-bond donors (Lipinski definition) is 1. The van der Waals surface area contributed by atoms with Crippen LogP contribution in [0.15, 0.2) is 42.5 Å². The molecule has 0 fully saturated rings. The largest absolute Gasteiger partial charge is 0.488 e. The van der Waals surface area contributed by atoms with Crippen molar-refractivity contribution in [1.82, 2.24) is 4.98 Å². The molecule has 0 radical (unpaired) electrons. The van der Waals surface area contributed by atoms with Crippen molar-refractivity contribution < 1.29 is 7.59 Å². The SMILES string of the molecule is Cc1ccc(-c2ccc(C3=Cc4c(C)c(C)cc(C)c4OC3)[nH]2)cc1.[HH].[HH]. The number of nitrogens with one attached hydrogen (secondary N) is 1. The molecule has 0 aliphatic carbocycles. The van der Waals surface area contributed by atoms with Gasteiger partial charge in [0, 0.05) is 25.4 Å². The van der Waals surface area contributed by atoms with Gasteiger partial charge in [-0.3, -0.25) is 0 Å². The number of rotatable bonds is 2. The van der Waals surface area contributed by atoms with Gasteiger partial charge < -0.3 is 9.72 Å². The average molecular weight is 333 g/mol. The molecule has 130 valence electrons. The monoisotopic (exact) mass is 333 g/mol. The number of H-pyrrole nitrogens is 1. The maximum absolute atomic E-state index is 6.10. The first-order chi connectivity index (χ1) is 12.0. The second-order valence-electron chi connectivity index (χ2n) is 6.99. The highest BCUT2D eigenvalue weighted by Gasteiger charge is 2.19. The van der Waals surface area contributed by atoms with E-state index in [9.17, 15) is 0 Å². The summed E-state index contributed by atoms with van der Waals surface area (Å²) in [5.74, 6) is 1.03. The van der Waals surface area contributed by atoms with Crippen LogP contribution in [0.25, 0.3) is 22.9 Å². The van der Waals surface area contributed by atoms with Gasteiger partial charge in [-0.15, -0.1) is 0 Å². The first-order valence-electron chi connectivity index (χ1n) is 8.73. The van der Waals surface area contributed by atoms with Crippen LogP contribution in [-0.2, 0) is 0 Å². The van der Waals surface area contributed by atoms with Gasteiger partial charge in [-0.1, -0.05) is 35.9 Å². The van der Waals surface area contributed by atoms with Gasteiger partial charge in [0.2, 0.25) is 0 Å². The normalized spacial score (nSPS) is 13.2. The van der Waals surface area contributed by atoms with Crippen LogP contribution in [0.2, 0.25) is 0 Å². The number of aromatic nitrogens is 1. The van der Waals surface area contributed by atoms with Gasteiger partial charge in [0.05, 0.1) is 0 Å². The molecule has 2 heterocycles. The summed E-state index contributed by atoms with van der Waals surface area (Å²) < 4.78 is 6.10. The fraction of sp³-hybridized carbons (Fsp3) is 0.217. The number of hydrogen-bond acceptors (Lipinski definition) is 1. The van der Waals surface area contributed by atoms with Crippen molar-refractivity contribution in [2.45, 2.75) is 27.7 Å². The molecule has 25 heavy (non-hydrogen) atoms. The van der Waals surface area contributed by atoms with E-state index in [1.807, 2.05) is 0 Å². The Kier molecular flexibility index (Phi) is 3.76. The van der Waals surface area contributed by atoms with E-state index in [0.717, 1.165) is 17.1 Å². The number of fused-ring (bicyclic) bond motifs is 1. The zero-order valence-electron chi connectivity index (χ0n) is 15.2. The van der Waals surface area contributed by atoms with E-state index in [1.54, 1.807) is 0 Å². The van der Waals surface area contributed by atoms with E-state index in [1.165, 1.54) is 39.0 Å². The quantitative estimate of drug-likeness (QED) is 0.581. The molecule has 1 N–H and O–H groups in total. The molecule has 0 saturated heterocycles. The van der Waals surface area contributed by atoms with Crippen LogP contribution in [0.1, 0.15) is 36.4 Å². The third-order valence-electron chi connectivity index (χ3n) is 5.12. The van der Waals surface area contributed by atoms with Crippen molar-refractivity contribution in [2.24, 2.45) is 0 Å². The van der Waals surface area contributed by atoms with Crippen LogP contribution in [0, 0.1) is 27.7 Å². The Balaban J connectivity index is 0.00000131. The van der Waals surface area contributed by atoms with Crippen molar-refractivity contribution >= 4 is 11.6 Å². The molecule has 1 aliphatic heterocycles. The first-order valence-corrected chi connectivity index (χ1v) is 8.73. The second-order valence-corrected chi connectivity index (χ2v) is 6.99. The lowest BCUT2D eigenvalue weighted by molar-refractivity contribution is 0.362. The molecule has 2 nitrogen and oxygen atoms in total. The summed E-state index contributed by atoms with van der Waals surface area (Å²) in [5, 5.41) is 0. The van der Waals surface area contributed by atoms with Gasteiger partial charge in [-0.05, 0) is 68.2 Å². The topological polar surface area (TPSA) is 25.0 Å². The lowest BCUT2D eigenvalue weighted by atomic mass is 9.95. The minimum absolute atomic E-state index is 0. The lowest BCUT2D eigenvalue weighted by Gasteiger charge is -2.22. The van der Waals surface area contributed by atoms with Crippen molar-refractivity contribution in [3.8, 4) is 17.0 Å². The summed E-state index contributed by atoms with van der Waals surface area (Å²) in [5.41, 5.74) is 11.0. The maximum atomic E-state index is 6.10. The minimum atomic E-state index is 0. The Labute approximate surface area is 152 Å². The van der Waals surface area contributed by atoms with E-state index >= 15 is 0 Å². The minimum Gasteiger partial charge on any atom is -0.488 e. The number of ether oxygens (including phenoxy) is 1. The van der Waals surface area contributed by atoms with Gasteiger partial charge in [-0.2, -0.15) is 0 Å². The van der Waals surface area contributed by atoms with Crippen molar-refractivity contribution in [3.05, 3.63) is 76.0 Å². The predicted molar refractivity (Wildman–Crippen MR) is 109 cm³/mol. The summed E-state index contributed by atoms with van der Waals surface area (Å²) in [7, 11) is 0. The molecule has 3 aromatic rings. The van der Waals surface area contributed by atoms with Crippen molar-refractivity contribution in [1.29, 1.82) is 0 Å². The summed E-state index contributed by atoms with van der Waals surface area (Å²) in [4.78, 5) is 3.55. The smallest absolute Gasteiger partial charge is 0.130 e. The van der Waals surface area contributed by atoms with Crippen LogP contribution in [0.3, 0.4) is 0 Å². The highest BCUT2D eigenvalue weighted by Crippen LogP contribution is 2.37. The molecule has 0 atom stereocenters. The van der Waals surface area contributed by atoms with E-state index in [4.69, 9.17) is 4.74 Å². The van der Waals surface area contributed by atoms with E-state index in [0.29, 0.717) is 6.61 Å². The van der Waals surface area contributed by atoms with E-state index in [-0.39, 0.29) is 2.85 Å². The second kappa shape index (κ2) is 5.96. The number of aryl methyl sites for hydroxylation is 3. The molecule has 4 rings (SSSR count). The highest BCUT2D eigenvalue weighted by atomic mass is 16.5. The zero-order valence-corrected chi connectivity index (χ0v) is 15.2. The third kappa shape index (κ3) is 2.78. The molecule has 0 saturated carbocycles. The van der Waals surface area contributed by atoms with Crippen molar-refractivity contribution in [3.63, 3.8) is 0 Å². The molecular weight excluding hydrogens is 306 g/mol. The Hall–Kier alpha value is -2.74. The summed E-state index contributed by atoms with van der Waals surface area (Å²) in [6.45, 7) is 9.16. The van der Waals surface area contributed by atoms with Gasteiger partial charge in [0.15, 0.2) is 0 Å². The van der Waals surface area contributed by atoms with Gasteiger partial charge in [0.1, 0.15) is 12.4 Å².